The highest BCUT2D eigenvalue weighted by molar-refractivity contribution is 5.85. The number of cyclic esters (lactones) is 1. The van der Waals surface area contributed by atoms with E-state index < -0.39 is 11.7 Å². The van der Waals surface area contributed by atoms with E-state index in [0.717, 1.165) is 12.8 Å². The van der Waals surface area contributed by atoms with Crippen molar-refractivity contribution in [1.29, 1.82) is 0 Å². The molecule has 2 atom stereocenters. The lowest BCUT2D eigenvalue weighted by atomic mass is 9.94. The summed E-state index contributed by atoms with van der Waals surface area (Å²) in [7, 11) is 0. The van der Waals surface area contributed by atoms with Gasteiger partial charge in [0.15, 0.2) is 5.60 Å². The monoisotopic (exact) mass is 226 g/mol. The van der Waals surface area contributed by atoms with E-state index in [9.17, 15) is 9.90 Å². The van der Waals surface area contributed by atoms with E-state index >= 15 is 0 Å². The van der Waals surface area contributed by atoms with Gasteiger partial charge in [-0.2, -0.15) is 0 Å². The Morgan fingerprint density at radius 3 is 2.62 bits per heavy atom. The number of carbonyl (C=O) groups is 1. The van der Waals surface area contributed by atoms with Crippen LogP contribution in [-0.4, -0.2) is 22.8 Å². The molecule has 3 heteroatoms. The molecule has 1 aliphatic rings. The maximum Gasteiger partial charge on any atom is 0.331 e. The molecule has 0 amide bonds. The number of ether oxygens (including phenoxy) is 1. The normalized spacial score (nSPS) is 25.8. The van der Waals surface area contributed by atoms with Crippen molar-refractivity contribution in [2.45, 2.75) is 64.1 Å². The van der Waals surface area contributed by atoms with Crippen LogP contribution in [0.15, 0.2) is 12.2 Å². The van der Waals surface area contributed by atoms with Gasteiger partial charge in [0, 0.05) is 6.08 Å². The minimum Gasteiger partial charge on any atom is -0.449 e. The Kier molecular flexibility index (Phi) is 5.00. The Balaban J connectivity index is 2.22. The minimum absolute atomic E-state index is 0.354. The third kappa shape index (κ3) is 3.63. The molecular weight excluding hydrogens is 204 g/mol. The Hall–Kier alpha value is -0.830. The number of esters is 1. The zero-order chi connectivity index (χ0) is 12.0. The number of aliphatic hydroxyl groups excluding tert-OH is 1. The number of aliphatic hydroxyl groups is 1. The fraction of sp³-hybridized carbons (Fsp3) is 0.769. The van der Waals surface area contributed by atoms with Crippen LogP contribution in [0.5, 0.6) is 0 Å². The van der Waals surface area contributed by atoms with Crippen LogP contribution >= 0.6 is 0 Å². The fourth-order valence-electron chi connectivity index (χ4n) is 1.93. The van der Waals surface area contributed by atoms with Crippen LogP contribution in [0.4, 0.5) is 0 Å². The van der Waals surface area contributed by atoms with Gasteiger partial charge in [-0.15, -0.1) is 0 Å². The lowest BCUT2D eigenvalue weighted by molar-refractivity contribution is -0.153. The molecule has 1 aliphatic heterocycles. The van der Waals surface area contributed by atoms with Crippen LogP contribution < -0.4 is 0 Å². The van der Waals surface area contributed by atoms with E-state index in [1.165, 1.54) is 25.3 Å². The summed E-state index contributed by atoms with van der Waals surface area (Å²) >= 11 is 0. The fourth-order valence-corrected chi connectivity index (χ4v) is 1.93. The van der Waals surface area contributed by atoms with E-state index in [1.54, 1.807) is 13.0 Å². The number of hydrogen-bond donors (Lipinski definition) is 1. The Bertz CT molecular complexity index is 260. The molecule has 0 fully saturated rings. The van der Waals surface area contributed by atoms with E-state index in [4.69, 9.17) is 4.74 Å². The summed E-state index contributed by atoms with van der Waals surface area (Å²) in [4.78, 5) is 11.0. The second kappa shape index (κ2) is 6.04. The maximum absolute atomic E-state index is 11.0. The van der Waals surface area contributed by atoms with Crippen molar-refractivity contribution in [1.82, 2.24) is 0 Å². The van der Waals surface area contributed by atoms with E-state index in [-0.39, 0.29) is 5.97 Å². The van der Waals surface area contributed by atoms with Gasteiger partial charge in [0.1, 0.15) is 0 Å². The summed E-state index contributed by atoms with van der Waals surface area (Å²) in [5.74, 6) is -0.354. The van der Waals surface area contributed by atoms with Gasteiger partial charge in [-0.25, -0.2) is 4.79 Å². The van der Waals surface area contributed by atoms with E-state index in [1.807, 2.05) is 0 Å². The van der Waals surface area contributed by atoms with Gasteiger partial charge in [-0.3, -0.25) is 0 Å². The number of carbonyl (C=O) groups excluding carboxylic acids is 1. The SMILES string of the molecule is CCCCCCCC(O)C1(C)C=CC(=O)O1. The van der Waals surface area contributed by atoms with Crippen molar-refractivity contribution in [2.75, 3.05) is 0 Å². The molecule has 1 rings (SSSR count). The molecule has 0 aromatic heterocycles. The van der Waals surface area contributed by atoms with Crippen LogP contribution in [0.25, 0.3) is 0 Å². The second-order valence-electron chi connectivity index (χ2n) is 4.66. The van der Waals surface area contributed by atoms with Gasteiger partial charge in [-0.05, 0) is 19.4 Å². The van der Waals surface area contributed by atoms with Crippen LogP contribution in [0.3, 0.4) is 0 Å². The van der Waals surface area contributed by atoms with Crippen molar-refractivity contribution in [2.24, 2.45) is 0 Å². The van der Waals surface area contributed by atoms with E-state index in [2.05, 4.69) is 6.92 Å². The summed E-state index contributed by atoms with van der Waals surface area (Å²) in [6, 6.07) is 0. The molecule has 0 aliphatic carbocycles. The first-order valence-electron chi connectivity index (χ1n) is 6.19. The molecule has 0 saturated carbocycles. The maximum atomic E-state index is 11.0. The lowest BCUT2D eigenvalue weighted by Crippen LogP contribution is -2.38. The van der Waals surface area contributed by atoms with Crippen molar-refractivity contribution < 1.29 is 14.6 Å². The molecule has 0 aromatic rings. The first-order valence-corrected chi connectivity index (χ1v) is 6.19. The molecular formula is C13H22O3. The van der Waals surface area contributed by atoms with Crippen molar-refractivity contribution >= 4 is 5.97 Å². The van der Waals surface area contributed by atoms with Crippen LogP contribution in [0.2, 0.25) is 0 Å². The molecule has 0 spiro atoms. The zero-order valence-electron chi connectivity index (χ0n) is 10.2. The predicted octanol–water partition coefficient (Wildman–Crippen LogP) is 2.58. The van der Waals surface area contributed by atoms with E-state index in [0.29, 0.717) is 6.42 Å². The molecule has 92 valence electrons. The standard InChI is InChI=1S/C13H22O3/c1-3-4-5-6-7-8-11(14)13(2)10-9-12(15)16-13/h9-11,14H,3-8H2,1-2H3. The molecule has 0 bridgehead atoms. The predicted molar refractivity (Wildman–Crippen MR) is 63.0 cm³/mol. The topological polar surface area (TPSA) is 46.5 Å². The van der Waals surface area contributed by atoms with Crippen molar-refractivity contribution in [3.05, 3.63) is 12.2 Å². The van der Waals surface area contributed by atoms with Gasteiger partial charge in [0.05, 0.1) is 6.10 Å². The highest BCUT2D eigenvalue weighted by Crippen LogP contribution is 2.26. The van der Waals surface area contributed by atoms with Gasteiger partial charge >= 0.3 is 5.97 Å². The van der Waals surface area contributed by atoms with Gasteiger partial charge in [-0.1, -0.05) is 39.0 Å². The summed E-state index contributed by atoms with van der Waals surface area (Å²) in [5, 5.41) is 9.95. The quantitative estimate of drug-likeness (QED) is 0.536. The first kappa shape index (κ1) is 13.2. The Morgan fingerprint density at radius 2 is 2.06 bits per heavy atom. The second-order valence-corrected chi connectivity index (χ2v) is 4.66. The average Bonchev–Trinajstić information content (AvgIpc) is 2.59. The zero-order valence-corrected chi connectivity index (χ0v) is 10.2. The molecule has 3 nitrogen and oxygen atoms in total. The molecule has 2 unspecified atom stereocenters. The minimum atomic E-state index is -0.804. The summed E-state index contributed by atoms with van der Waals surface area (Å²) < 4.78 is 5.09. The largest absolute Gasteiger partial charge is 0.449 e. The van der Waals surface area contributed by atoms with Crippen molar-refractivity contribution in [3.8, 4) is 0 Å². The van der Waals surface area contributed by atoms with Gasteiger partial charge in [0.2, 0.25) is 0 Å². The Morgan fingerprint density at radius 1 is 1.38 bits per heavy atom. The Labute approximate surface area is 97.5 Å². The molecule has 0 radical (unpaired) electrons. The highest BCUT2D eigenvalue weighted by atomic mass is 16.6. The first-order chi connectivity index (χ1) is 7.58. The smallest absolute Gasteiger partial charge is 0.331 e. The van der Waals surface area contributed by atoms with Crippen LogP contribution in [-0.2, 0) is 9.53 Å². The summed E-state index contributed by atoms with van der Waals surface area (Å²) in [6.07, 6.45) is 8.97. The average molecular weight is 226 g/mol. The molecule has 0 aromatic carbocycles. The molecule has 0 saturated heterocycles. The molecule has 16 heavy (non-hydrogen) atoms. The lowest BCUT2D eigenvalue weighted by Gasteiger charge is -2.27. The van der Waals surface area contributed by atoms with Crippen LogP contribution in [0, 0.1) is 0 Å². The highest BCUT2D eigenvalue weighted by Gasteiger charge is 2.37. The van der Waals surface area contributed by atoms with Crippen LogP contribution in [0.1, 0.15) is 52.4 Å². The van der Waals surface area contributed by atoms with Crippen molar-refractivity contribution in [3.63, 3.8) is 0 Å². The number of rotatable bonds is 7. The third-order valence-electron chi connectivity index (χ3n) is 3.11. The third-order valence-corrected chi connectivity index (χ3v) is 3.11. The number of unbranched alkanes of at least 4 members (excludes halogenated alkanes) is 4. The summed E-state index contributed by atoms with van der Waals surface area (Å²) in [5.41, 5.74) is -0.804. The number of hydrogen-bond acceptors (Lipinski definition) is 3. The molecule has 1 heterocycles. The van der Waals surface area contributed by atoms with Gasteiger partial charge in [0.25, 0.3) is 0 Å². The van der Waals surface area contributed by atoms with Gasteiger partial charge < -0.3 is 9.84 Å². The summed E-state index contributed by atoms with van der Waals surface area (Å²) in [6.45, 7) is 3.93. The molecule has 1 N–H and O–H groups in total.